The highest BCUT2D eigenvalue weighted by atomic mass is 16.5. The first-order chi connectivity index (χ1) is 15.2. The van der Waals surface area contributed by atoms with Crippen molar-refractivity contribution in [2.45, 2.75) is 52.9 Å². The summed E-state index contributed by atoms with van der Waals surface area (Å²) in [4.78, 5) is 29.1. The third kappa shape index (κ3) is 3.70. The topological polar surface area (TPSA) is 55.8 Å². The Balaban J connectivity index is 1.98. The molecule has 1 heterocycles. The Morgan fingerprint density at radius 3 is 2.28 bits per heavy atom. The van der Waals surface area contributed by atoms with Gasteiger partial charge in [0.15, 0.2) is 5.78 Å². The van der Waals surface area contributed by atoms with Gasteiger partial charge in [0, 0.05) is 35.6 Å². The van der Waals surface area contributed by atoms with Crippen molar-refractivity contribution >= 4 is 17.4 Å². The van der Waals surface area contributed by atoms with E-state index in [0.717, 1.165) is 33.6 Å². The highest BCUT2D eigenvalue weighted by molar-refractivity contribution is 6.08. The number of Topliss-reactive ketones (excluding diaryl/α,β-unsaturated/α-hetero) is 1. The minimum atomic E-state index is -0.355. The molecule has 0 aromatic heterocycles. The summed E-state index contributed by atoms with van der Waals surface area (Å²) in [6, 6.07) is 11.6. The molecular formula is C27H31NO4. The van der Waals surface area contributed by atoms with Crippen LogP contribution < -0.4 is 14.4 Å². The predicted octanol–water partition coefficient (Wildman–Crippen LogP) is 5.48. The van der Waals surface area contributed by atoms with Crippen LogP contribution in [0, 0.1) is 19.3 Å². The summed E-state index contributed by atoms with van der Waals surface area (Å²) in [6.07, 6.45) is 1.34. The first-order valence-electron chi connectivity index (χ1n) is 11.0. The van der Waals surface area contributed by atoms with Crippen molar-refractivity contribution in [3.05, 3.63) is 64.4 Å². The molecule has 1 unspecified atom stereocenters. The fourth-order valence-electron chi connectivity index (χ4n) is 5.21. The van der Waals surface area contributed by atoms with Crippen molar-refractivity contribution in [1.82, 2.24) is 0 Å². The lowest BCUT2D eigenvalue weighted by Crippen LogP contribution is -2.44. The zero-order valence-corrected chi connectivity index (χ0v) is 19.7. The van der Waals surface area contributed by atoms with Crippen LogP contribution in [0.4, 0.5) is 5.69 Å². The Morgan fingerprint density at radius 1 is 0.969 bits per heavy atom. The molecule has 32 heavy (non-hydrogen) atoms. The Labute approximate surface area is 190 Å². The number of carbonyl (C=O) groups is 2. The number of benzene rings is 2. The van der Waals surface area contributed by atoms with Crippen LogP contribution in [-0.4, -0.2) is 25.9 Å². The number of carbonyl (C=O) groups excluding carboxylic acids is 2. The SMILES string of the molecule is COc1ccc(OC)c(C2CC(=O)N(c3c(C)cccc3C)C3=C2C(=O)CC(C)(C)C3)c1. The first kappa shape index (κ1) is 22.1. The molecule has 0 saturated heterocycles. The molecule has 0 radical (unpaired) electrons. The number of para-hydroxylation sites is 1. The second-order valence-corrected chi connectivity index (χ2v) is 9.64. The predicted molar refractivity (Wildman–Crippen MR) is 125 cm³/mol. The van der Waals surface area contributed by atoms with Gasteiger partial charge in [0.1, 0.15) is 11.5 Å². The average Bonchev–Trinajstić information content (AvgIpc) is 2.73. The standard InChI is InChI=1S/C27H31NO4/c1-16-8-7-9-17(2)26(16)28-21-14-27(3,4)15-22(29)25(21)20(13-24(28)30)19-12-18(31-5)10-11-23(19)32-6/h7-12,20H,13-15H2,1-6H3. The summed E-state index contributed by atoms with van der Waals surface area (Å²) in [7, 11) is 3.22. The van der Waals surface area contributed by atoms with E-state index in [1.165, 1.54) is 0 Å². The summed E-state index contributed by atoms with van der Waals surface area (Å²) >= 11 is 0. The van der Waals surface area contributed by atoms with E-state index >= 15 is 0 Å². The van der Waals surface area contributed by atoms with Crippen molar-refractivity contribution in [3.63, 3.8) is 0 Å². The molecule has 5 nitrogen and oxygen atoms in total. The molecule has 2 aromatic carbocycles. The van der Waals surface area contributed by atoms with Crippen LogP contribution in [0.3, 0.4) is 0 Å². The Morgan fingerprint density at radius 2 is 1.66 bits per heavy atom. The van der Waals surface area contributed by atoms with Crippen LogP contribution in [-0.2, 0) is 9.59 Å². The van der Waals surface area contributed by atoms with E-state index in [-0.39, 0.29) is 29.4 Å². The number of hydrogen-bond acceptors (Lipinski definition) is 4. The minimum Gasteiger partial charge on any atom is -0.497 e. The molecule has 4 rings (SSSR count). The van der Waals surface area contributed by atoms with Crippen molar-refractivity contribution in [1.29, 1.82) is 0 Å². The number of ketones is 1. The van der Waals surface area contributed by atoms with Crippen molar-refractivity contribution < 1.29 is 19.1 Å². The maximum absolute atomic E-state index is 13.7. The maximum atomic E-state index is 13.7. The Hall–Kier alpha value is -3.08. The van der Waals surface area contributed by atoms with E-state index in [9.17, 15) is 9.59 Å². The van der Waals surface area contributed by atoms with Gasteiger partial charge in [0.25, 0.3) is 0 Å². The summed E-state index contributed by atoms with van der Waals surface area (Å²) in [5.74, 6) is 1.09. The lowest BCUT2D eigenvalue weighted by Gasteiger charge is -2.43. The number of hydrogen-bond donors (Lipinski definition) is 0. The van der Waals surface area contributed by atoms with Gasteiger partial charge in [-0.3, -0.25) is 14.5 Å². The molecule has 2 aliphatic rings. The molecule has 0 spiro atoms. The van der Waals surface area contributed by atoms with Gasteiger partial charge in [0.2, 0.25) is 5.91 Å². The van der Waals surface area contributed by atoms with E-state index in [4.69, 9.17) is 9.47 Å². The number of ether oxygens (including phenoxy) is 2. The third-order valence-corrected chi connectivity index (χ3v) is 6.62. The zero-order valence-electron chi connectivity index (χ0n) is 19.7. The molecule has 1 amide bonds. The van der Waals surface area contributed by atoms with Gasteiger partial charge in [-0.1, -0.05) is 32.0 Å². The highest BCUT2D eigenvalue weighted by Gasteiger charge is 2.45. The average molecular weight is 434 g/mol. The van der Waals surface area contributed by atoms with Crippen LogP contribution in [0.15, 0.2) is 47.7 Å². The van der Waals surface area contributed by atoms with Crippen molar-refractivity contribution in [2.75, 3.05) is 19.1 Å². The molecule has 1 aliphatic carbocycles. The first-order valence-corrected chi connectivity index (χ1v) is 11.0. The van der Waals surface area contributed by atoms with Crippen LogP contribution in [0.25, 0.3) is 0 Å². The molecule has 0 N–H and O–H groups in total. The molecule has 168 valence electrons. The number of aryl methyl sites for hydroxylation is 2. The number of anilines is 1. The minimum absolute atomic E-state index is 0.00141. The third-order valence-electron chi connectivity index (χ3n) is 6.62. The molecule has 0 bridgehead atoms. The molecule has 1 aliphatic heterocycles. The highest BCUT2D eigenvalue weighted by Crippen LogP contribution is 2.50. The quantitative estimate of drug-likeness (QED) is 0.640. The lowest BCUT2D eigenvalue weighted by atomic mass is 9.69. The molecule has 0 fully saturated rings. The molecule has 2 aromatic rings. The van der Waals surface area contributed by atoms with Gasteiger partial charge < -0.3 is 9.47 Å². The number of rotatable bonds is 4. The van der Waals surface area contributed by atoms with Gasteiger partial charge in [-0.15, -0.1) is 0 Å². The second kappa shape index (κ2) is 8.12. The normalized spacial score (nSPS) is 20.3. The monoisotopic (exact) mass is 433 g/mol. The van der Waals surface area contributed by atoms with E-state index in [1.807, 2.05) is 55.1 Å². The summed E-state index contributed by atoms with van der Waals surface area (Å²) in [6.45, 7) is 8.22. The van der Waals surface area contributed by atoms with E-state index in [1.54, 1.807) is 14.2 Å². The van der Waals surface area contributed by atoms with E-state index in [0.29, 0.717) is 24.3 Å². The lowest BCUT2D eigenvalue weighted by molar-refractivity contribution is -0.121. The van der Waals surface area contributed by atoms with Gasteiger partial charge in [-0.25, -0.2) is 0 Å². The van der Waals surface area contributed by atoms with E-state index in [2.05, 4.69) is 13.8 Å². The van der Waals surface area contributed by atoms with Crippen LogP contribution in [0.1, 0.15) is 55.7 Å². The molecule has 0 saturated carbocycles. The Kier molecular flexibility index (Phi) is 5.61. The van der Waals surface area contributed by atoms with E-state index < -0.39 is 0 Å². The van der Waals surface area contributed by atoms with Gasteiger partial charge in [0.05, 0.1) is 19.9 Å². The maximum Gasteiger partial charge on any atom is 0.232 e. The zero-order chi connectivity index (χ0) is 23.2. The van der Waals surface area contributed by atoms with Crippen LogP contribution in [0.2, 0.25) is 0 Å². The Bertz CT molecular complexity index is 1110. The number of nitrogens with zero attached hydrogens (tertiary/aromatic N) is 1. The van der Waals surface area contributed by atoms with Crippen molar-refractivity contribution in [3.8, 4) is 11.5 Å². The largest absolute Gasteiger partial charge is 0.497 e. The number of methoxy groups -OCH3 is 2. The summed E-state index contributed by atoms with van der Waals surface area (Å²) in [5, 5.41) is 0. The van der Waals surface area contributed by atoms with Crippen LogP contribution in [0.5, 0.6) is 11.5 Å². The molecule has 5 heteroatoms. The van der Waals surface area contributed by atoms with Crippen molar-refractivity contribution in [2.24, 2.45) is 5.41 Å². The second-order valence-electron chi connectivity index (χ2n) is 9.64. The summed E-state index contributed by atoms with van der Waals surface area (Å²) in [5.41, 5.74) is 5.11. The smallest absolute Gasteiger partial charge is 0.232 e. The van der Waals surface area contributed by atoms with Gasteiger partial charge in [-0.05, 0) is 55.0 Å². The van der Waals surface area contributed by atoms with Crippen LogP contribution >= 0.6 is 0 Å². The molecular weight excluding hydrogens is 402 g/mol. The fraction of sp³-hybridized carbons (Fsp3) is 0.407. The summed E-state index contributed by atoms with van der Waals surface area (Å²) < 4.78 is 11.1. The fourth-order valence-corrected chi connectivity index (χ4v) is 5.21. The number of amides is 1. The van der Waals surface area contributed by atoms with Gasteiger partial charge >= 0.3 is 0 Å². The molecule has 1 atom stereocenters. The van der Waals surface area contributed by atoms with Gasteiger partial charge in [-0.2, -0.15) is 0 Å². The number of allylic oxidation sites excluding steroid dienone is 2.